The number of ether oxygens (including phenoxy) is 1. The van der Waals surface area contributed by atoms with E-state index in [0.29, 0.717) is 5.41 Å². The normalized spacial score (nSPS) is 26.7. The van der Waals surface area contributed by atoms with Crippen molar-refractivity contribution in [1.82, 2.24) is 9.80 Å². The smallest absolute Gasteiger partial charge is 0.0508 e. The fourth-order valence-electron chi connectivity index (χ4n) is 4.22. The van der Waals surface area contributed by atoms with Crippen molar-refractivity contribution in [2.24, 2.45) is 11.3 Å². The van der Waals surface area contributed by atoms with Crippen molar-refractivity contribution in [3.63, 3.8) is 0 Å². The Balaban J connectivity index is 1.60. The summed E-state index contributed by atoms with van der Waals surface area (Å²) in [7, 11) is 4.11. The summed E-state index contributed by atoms with van der Waals surface area (Å²) in [5.74, 6) is 0.720. The van der Waals surface area contributed by atoms with E-state index in [1.807, 2.05) is 18.4 Å². The van der Waals surface area contributed by atoms with Gasteiger partial charge >= 0.3 is 0 Å². The van der Waals surface area contributed by atoms with Gasteiger partial charge in [-0.2, -0.15) is 0 Å². The van der Waals surface area contributed by atoms with Crippen LogP contribution in [0.3, 0.4) is 0 Å². The zero-order chi connectivity index (χ0) is 14.9. The molecule has 2 aliphatic heterocycles. The Morgan fingerprint density at radius 2 is 2.14 bits per heavy atom. The zero-order valence-corrected chi connectivity index (χ0v) is 14.4. The second kappa shape index (κ2) is 6.37. The summed E-state index contributed by atoms with van der Waals surface area (Å²) in [5.41, 5.74) is 1.96. The topological polar surface area (TPSA) is 15.7 Å². The van der Waals surface area contributed by atoms with Crippen LogP contribution in [0.1, 0.15) is 23.3 Å². The Morgan fingerprint density at radius 3 is 2.76 bits per heavy atom. The summed E-state index contributed by atoms with van der Waals surface area (Å²) >= 11 is 1.91. The number of methoxy groups -OCH3 is 1. The van der Waals surface area contributed by atoms with E-state index in [4.69, 9.17) is 4.74 Å². The minimum absolute atomic E-state index is 0.506. The van der Waals surface area contributed by atoms with E-state index in [0.717, 1.165) is 19.1 Å². The number of likely N-dealkylation sites (tertiary alicyclic amines) is 2. The van der Waals surface area contributed by atoms with Crippen molar-refractivity contribution in [3.05, 3.63) is 21.9 Å². The first-order chi connectivity index (χ1) is 10.1. The Hall–Kier alpha value is -0.420. The monoisotopic (exact) mass is 308 g/mol. The maximum atomic E-state index is 5.49. The number of piperidine rings is 1. The molecule has 0 amide bonds. The van der Waals surface area contributed by atoms with Gasteiger partial charge in [0, 0.05) is 37.5 Å². The highest BCUT2D eigenvalue weighted by molar-refractivity contribution is 7.10. The molecule has 0 aromatic carbocycles. The minimum Gasteiger partial charge on any atom is -0.384 e. The lowest BCUT2D eigenvalue weighted by Gasteiger charge is -2.42. The molecular formula is C17H28N2OS. The molecule has 2 saturated heterocycles. The van der Waals surface area contributed by atoms with Crippen LogP contribution >= 0.6 is 11.3 Å². The third-order valence-electron chi connectivity index (χ3n) is 5.54. The highest BCUT2D eigenvalue weighted by Gasteiger charge is 2.46. The Morgan fingerprint density at radius 1 is 1.38 bits per heavy atom. The number of aryl methyl sites for hydroxylation is 1. The van der Waals surface area contributed by atoms with Gasteiger partial charge < -0.3 is 9.64 Å². The van der Waals surface area contributed by atoms with Crippen LogP contribution in [0.15, 0.2) is 11.4 Å². The van der Waals surface area contributed by atoms with Crippen LogP contribution in [0.25, 0.3) is 0 Å². The fourth-order valence-corrected chi connectivity index (χ4v) is 5.17. The second-order valence-electron chi connectivity index (χ2n) is 7.01. The van der Waals surface area contributed by atoms with Gasteiger partial charge in [-0.3, -0.25) is 4.90 Å². The van der Waals surface area contributed by atoms with Gasteiger partial charge in [0.15, 0.2) is 0 Å². The third kappa shape index (κ3) is 3.19. The molecule has 3 heterocycles. The lowest BCUT2D eigenvalue weighted by molar-refractivity contribution is 0.0356. The van der Waals surface area contributed by atoms with E-state index in [1.165, 1.54) is 44.6 Å². The molecule has 1 atom stereocenters. The largest absolute Gasteiger partial charge is 0.384 e. The summed E-state index contributed by atoms with van der Waals surface area (Å²) in [5, 5.41) is 2.22. The number of thiophene rings is 1. The first-order valence-corrected chi connectivity index (χ1v) is 8.94. The summed E-state index contributed by atoms with van der Waals surface area (Å²) < 4.78 is 5.49. The molecule has 1 spiro atoms. The summed E-state index contributed by atoms with van der Waals surface area (Å²) in [6.45, 7) is 9.25. The predicted octanol–water partition coefficient (Wildman–Crippen LogP) is 2.85. The molecule has 1 aromatic rings. The van der Waals surface area contributed by atoms with Crippen molar-refractivity contribution in [3.8, 4) is 0 Å². The lowest BCUT2D eigenvalue weighted by Crippen LogP contribution is -2.44. The zero-order valence-electron chi connectivity index (χ0n) is 13.6. The molecule has 0 N–H and O–H groups in total. The molecule has 3 nitrogen and oxygen atoms in total. The highest BCUT2D eigenvalue weighted by Crippen LogP contribution is 2.44. The quantitative estimate of drug-likeness (QED) is 0.851. The van der Waals surface area contributed by atoms with Crippen LogP contribution in [-0.2, 0) is 11.3 Å². The molecule has 2 fully saturated rings. The summed E-state index contributed by atoms with van der Waals surface area (Å²) in [6.07, 6.45) is 2.66. The van der Waals surface area contributed by atoms with E-state index in [9.17, 15) is 0 Å². The first kappa shape index (κ1) is 15.5. The first-order valence-electron chi connectivity index (χ1n) is 8.06. The van der Waals surface area contributed by atoms with Gasteiger partial charge in [-0.1, -0.05) is 0 Å². The highest BCUT2D eigenvalue weighted by atomic mass is 32.1. The van der Waals surface area contributed by atoms with Gasteiger partial charge in [-0.25, -0.2) is 0 Å². The summed E-state index contributed by atoms with van der Waals surface area (Å²) in [4.78, 5) is 6.69. The summed E-state index contributed by atoms with van der Waals surface area (Å²) in [6, 6.07) is 2.24. The van der Waals surface area contributed by atoms with Gasteiger partial charge in [0.25, 0.3) is 0 Å². The molecule has 3 rings (SSSR count). The molecule has 1 unspecified atom stereocenters. The van der Waals surface area contributed by atoms with Crippen LogP contribution < -0.4 is 0 Å². The van der Waals surface area contributed by atoms with Crippen LogP contribution in [0, 0.1) is 18.3 Å². The molecule has 1 aromatic heterocycles. The van der Waals surface area contributed by atoms with Crippen LogP contribution in [0.4, 0.5) is 0 Å². The molecule has 0 aliphatic carbocycles. The molecule has 2 aliphatic rings. The molecular weight excluding hydrogens is 280 g/mol. The second-order valence-corrected chi connectivity index (χ2v) is 8.01. The van der Waals surface area contributed by atoms with E-state index in [-0.39, 0.29) is 0 Å². The van der Waals surface area contributed by atoms with Gasteiger partial charge in [-0.05, 0) is 62.3 Å². The standard InChI is InChI=1S/C17H28N2OS/c1-14-4-9-21-16(14)11-19-7-5-17(6-8-19)13-18(2)10-15(17)12-20-3/h4,9,15H,5-8,10-13H2,1-3H3. The average molecular weight is 308 g/mol. The van der Waals surface area contributed by atoms with E-state index in [2.05, 4.69) is 35.2 Å². The molecule has 0 radical (unpaired) electrons. The van der Waals surface area contributed by atoms with Crippen molar-refractivity contribution >= 4 is 11.3 Å². The molecule has 0 bridgehead atoms. The fraction of sp³-hybridized carbons (Fsp3) is 0.765. The van der Waals surface area contributed by atoms with Gasteiger partial charge in [-0.15, -0.1) is 11.3 Å². The predicted molar refractivity (Wildman–Crippen MR) is 88.9 cm³/mol. The number of rotatable bonds is 4. The Labute approximate surface area is 132 Å². The van der Waals surface area contributed by atoms with Crippen molar-refractivity contribution in [1.29, 1.82) is 0 Å². The van der Waals surface area contributed by atoms with Gasteiger partial charge in [0.2, 0.25) is 0 Å². The number of hydrogen-bond donors (Lipinski definition) is 0. The van der Waals surface area contributed by atoms with E-state index in [1.54, 1.807) is 4.88 Å². The minimum atomic E-state index is 0.506. The maximum absolute atomic E-state index is 5.49. The number of hydrogen-bond acceptors (Lipinski definition) is 4. The molecule has 21 heavy (non-hydrogen) atoms. The molecule has 0 saturated carbocycles. The van der Waals surface area contributed by atoms with Crippen molar-refractivity contribution < 1.29 is 4.74 Å². The lowest BCUT2D eigenvalue weighted by atomic mass is 9.71. The maximum Gasteiger partial charge on any atom is 0.0508 e. The van der Waals surface area contributed by atoms with Gasteiger partial charge in [0.1, 0.15) is 0 Å². The number of nitrogens with zero attached hydrogens (tertiary/aromatic N) is 2. The van der Waals surface area contributed by atoms with Crippen molar-refractivity contribution in [2.45, 2.75) is 26.3 Å². The molecule has 118 valence electrons. The van der Waals surface area contributed by atoms with Crippen LogP contribution in [-0.4, -0.2) is 56.7 Å². The van der Waals surface area contributed by atoms with Crippen LogP contribution in [0.2, 0.25) is 0 Å². The Bertz CT molecular complexity index is 465. The van der Waals surface area contributed by atoms with Gasteiger partial charge in [0.05, 0.1) is 6.61 Å². The third-order valence-corrected chi connectivity index (χ3v) is 6.55. The van der Waals surface area contributed by atoms with E-state index < -0.39 is 0 Å². The average Bonchev–Trinajstić information content (AvgIpc) is 2.98. The van der Waals surface area contributed by atoms with Crippen molar-refractivity contribution in [2.75, 3.05) is 46.9 Å². The Kier molecular flexibility index (Phi) is 4.69. The SMILES string of the molecule is COCC1CN(C)CC12CCN(Cc1sccc1C)CC2. The van der Waals surface area contributed by atoms with Crippen LogP contribution in [0.5, 0.6) is 0 Å². The van der Waals surface area contributed by atoms with E-state index >= 15 is 0 Å². The molecule has 4 heteroatoms.